The Kier molecular flexibility index (Phi) is 8.64. The molecule has 0 aliphatic rings. The van der Waals surface area contributed by atoms with Crippen LogP contribution < -0.4 is 10.6 Å². The number of benzene rings is 2. The molecule has 2 N–H and O–H groups in total. The fourth-order valence-corrected chi connectivity index (χ4v) is 4.66. The summed E-state index contributed by atoms with van der Waals surface area (Å²) in [4.78, 5) is 25.1. The number of rotatable bonds is 8. The Bertz CT molecular complexity index is 1130. The van der Waals surface area contributed by atoms with E-state index >= 15 is 0 Å². The summed E-state index contributed by atoms with van der Waals surface area (Å²) in [7, 11) is 1.80. The van der Waals surface area contributed by atoms with Gasteiger partial charge in [-0.05, 0) is 30.2 Å². The summed E-state index contributed by atoms with van der Waals surface area (Å²) >= 11 is 19.4. The summed E-state index contributed by atoms with van der Waals surface area (Å²) in [6, 6.07) is 11.6. The second-order valence-corrected chi connectivity index (χ2v) is 9.74. The van der Waals surface area contributed by atoms with Gasteiger partial charge in [-0.3, -0.25) is 9.59 Å². The third-order valence-corrected chi connectivity index (χ3v) is 6.57. The molecule has 0 unspecified atom stereocenters. The lowest BCUT2D eigenvalue weighted by molar-refractivity contribution is -0.113. The monoisotopic (exact) mass is 525 g/mol. The van der Waals surface area contributed by atoms with E-state index < -0.39 is 0 Å². The van der Waals surface area contributed by atoms with E-state index in [2.05, 4.69) is 20.8 Å². The van der Waals surface area contributed by atoms with Gasteiger partial charge in [0.2, 0.25) is 5.91 Å². The second kappa shape index (κ2) is 11.2. The molecule has 0 aliphatic heterocycles. The quantitative estimate of drug-likeness (QED) is 0.371. The Morgan fingerprint density at radius 1 is 1.06 bits per heavy atom. The van der Waals surface area contributed by atoms with E-state index in [1.807, 2.05) is 32.0 Å². The van der Waals surface area contributed by atoms with Gasteiger partial charge in [0.25, 0.3) is 5.91 Å². The number of nitrogens with one attached hydrogen (secondary N) is 2. The molecular weight excluding hydrogens is 505 g/mol. The van der Waals surface area contributed by atoms with Crippen molar-refractivity contribution in [2.24, 2.45) is 13.0 Å². The molecule has 0 saturated heterocycles. The maximum Gasteiger partial charge on any atom is 0.251 e. The van der Waals surface area contributed by atoms with Gasteiger partial charge in [0.05, 0.1) is 27.5 Å². The number of amides is 2. The van der Waals surface area contributed by atoms with Crippen LogP contribution in [0.3, 0.4) is 0 Å². The number of carbonyl (C=O) groups excluding carboxylic acids is 2. The van der Waals surface area contributed by atoms with Crippen LogP contribution in [0.4, 0.5) is 5.69 Å². The number of thioether (sulfide) groups is 1. The molecule has 0 saturated carbocycles. The summed E-state index contributed by atoms with van der Waals surface area (Å²) in [5.74, 6) is 0.220. The fraction of sp³-hybridized carbons (Fsp3) is 0.273. The largest absolute Gasteiger partial charge is 0.342 e. The minimum absolute atomic E-state index is 0.0595. The molecule has 0 bridgehead atoms. The molecule has 2 aromatic carbocycles. The molecule has 1 aromatic heterocycles. The zero-order valence-electron chi connectivity index (χ0n) is 18.1. The first-order valence-electron chi connectivity index (χ1n) is 9.99. The summed E-state index contributed by atoms with van der Waals surface area (Å²) in [5.41, 5.74) is 0.867. The smallest absolute Gasteiger partial charge is 0.251 e. The van der Waals surface area contributed by atoms with Crippen LogP contribution in [0.15, 0.2) is 47.6 Å². The van der Waals surface area contributed by atoms with Crippen molar-refractivity contribution in [2.75, 3.05) is 11.1 Å². The lowest BCUT2D eigenvalue weighted by Gasteiger charge is -2.21. The van der Waals surface area contributed by atoms with Gasteiger partial charge in [0.1, 0.15) is 0 Å². The van der Waals surface area contributed by atoms with Gasteiger partial charge in [0, 0.05) is 17.6 Å². The molecule has 33 heavy (non-hydrogen) atoms. The van der Waals surface area contributed by atoms with Crippen molar-refractivity contribution in [3.05, 3.63) is 68.9 Å². The van der Waals surface area contributed by atoms with E-state index in [4.69, 9.17) is 34.8 Å². The average Bonchev–Trinajstić information content (AvgIpc) is 3.13. The topological polar surface area (TPSA) is 88.9 Å². The first kappa shape index (κ1) is 25.4. The van der Waals surface area contributed by atoms with Crippen molar-refractivity contribution in [3.8, 4) is 0 Å². The molecule has 1 atom stereocenters. The third kappa shape index (κ3) is 6.41. The molecule has 0 aliphatic carbocycles. The van der Waals surface area contributed by atoms with Gasteiger partial charge in [-0.15, -0.1) is 10.2 Å². The molecule has 11 heteroatoms. The molecular formula is C22H22Cl3N5O2S. The first-order valence-corrected chi connectivity index (χ1v) is 12.1. The highest BCUT2D eigenvalue weighted by molar-refractivity contribution is 7.99. The summed E-state index contributed by atoms with van der Waals surface area (Å²) < 4.78 is 1.77. The zero-order chi connectivity index (χ0) is 24.1. The predicted molar refractivity (Wildman–Crippen MR) is 133 cm³/mol. The number of carbonyl (C=O) groups is 2. The minimum Gasteiger partial charge on any atom is -0.342 e. The maximum absolute atomic E-state index is 12.7. The van der Waals surface area contributed by atoms with Gasteiger partial charge >= 0.3 is 0 Å². The van der Waals surface area contributed by atoms with Crippen molar-refractivity contribution in [1.82, 2.24) is 20.1 Å². The van der Waals surface area contributed by atoms with Crippen LogP contribution in [0, 0.1) is 5.92 Å². The molecule has 0 radical (unpaired) electrons. The van der Waals surface area contributed by atoms with Crippen LogP contribution in [0.2, 0.25) is 15.1 Å². The zero-order valence-corrected chi connectivity index (χ0v) is 21.2. The van der Waals surface area contributed by atoms with Crippen molar-refractivity contribution in [1.29, 1.82) is 0 Å². The van der Waals surface area contributed by atoms with Crippen molar-refractivity contribution in [3.63, 3.8) is 0 Å². The predicted octanol–water partition coefficient (Wildman–Crippen LogP) is 5.63. The van der Waals surface area contributed by atoms with E-state index in [1.54, 1.807) is 23.7 Å². The Hall–Kier alpha value is -2.26. The Morgan fingerprint density at radius 2 is 1.70 bits per heavy atom. The molecule has 7 nitrogen and oxygen atoms in total. The number of nitrogens with zero attached hydrogens (tertiary/aromatic N) is 3. The first-order chi connectivity index (χ1) is 15.7. The van der Waals surface area contributed by atoms with Crippen molar-refractivity contribution >= 4 is 64.1 Å². The molecule has 3 rings (SSSR count). The second-order valence-electron chi connectivity index (χ2n) is 7.54. The fourth-order valence-electron chi connectivity index (χ4n) is 3.03. The van der Waals surface area contributed by atoms with Crippen LogP contribution in [-0.4, -0.2) is 32.3 Å². The highest BCUT2D eigenvalue weighted by Gasteiger charge is 2.25. The summed E-state index contributed by atoms with van der Waals surface area (Å²) in [5, 5.41) is 15.6. The Labute approximate surface area is 211 Å². The molecule has 2 amide bonds. The van der Waals surface area contributed by atoms with Gasteiger partial charge in [-0.1, -0.05) is 78.6 Å². The van der Waals surface area contributed by atoms with Gasteiger partial charge in [0.15, 0.2) is 11.0 Å². The molecule has 3 aromatic rings. The summed E-state index contributed by atoms with van der Waals surface area (Å²) in [6.45, 7) is 3.98. The molecule has 1 heterocycles. The van der Waals surface area contributed by atoms with Gasteiger partial charge in [-0.25, -0.2) is 0 Å². The van der Waals surface area contributed by atoms with E-state index in [1.165, 1.54) is 23.9 Å². The van der Waals surface area contributed by atoms with E-state index in [9.17, 15) is 9.59 Å². The van der Waals surface area contributed by atoms with Crippen molar-refractivity contribution in [2.45, 2.75) is 25.0 Å². The lowest BCUT2D eigenvalue weighted by Crippen LogP contribution is -2.33. The van der Waals surface area contributed by atoms with Crippen molar-refractivity contribution < 1.29 is 9.59 Å². The third-order valence-electron chi connectivity index (χ3n) is 4.74. The summed E-state index contributed by atoms with van der Waals surface area (Å²) in [6.07, 6.45) is 0. The SMILES string of the molecule is CC(C)[C@@H](NC(=O)c1ccccc1)c1nnc(SCC(=O)Nc2c(Cl)cc(Cl)cc2Cl)n1C. The van der Waals surface area contributed by atoms with E-state index in [0.717, 1.165) is 0 Å². The lowest BCUT2D eigenvalue weighted by atomic mass is 10.0. The Balaban J connectivity index is 1.68. The van der Waals surface area contributed by atoms with Gasteiger partial charge < -0.3 is 15.2 Å². The van der Waals surface area contributed by atoms with Crippen LogP contribution >= 0.6 is 46.6 Å². The van der Waals surface area contributed by atoms with Gasteiger partial charge in [-0.2, -0.15) is 0 Å². The molecule has 0 spiro atoms. The maximum atomic E-state index is 12.7. The standard InChI is InChI=1S/C22H22Cl3N5O2S/c1-12(2)18(27-21(32)13-7-5-4-6-8-13)20-28-29-22(30(20)3)33-11-17(31)26-19-15(24)9-14(23)10-16(19)25/h4-10,12,18H,11H2,1-3H3,(H,26,31)(H,27,32)/t18-/m1/s1. The normalized spacial score (nSPS) is 12.0. The number of hydrogen-bond donors (Lipinski definition) is 2. The number of aromatic nitrogens is 3. The van der Waals surface area contributed by atoms with Crippen LogP contribution in [-0.2, 0) is 11.8 Å². The highest BCUT2D eigenvalue weighted by atomic mass is 35.5. The van der Waals surface area contributed by atoms with Crippen LogP contribution in [0.1, 0.15) is 36.1 Å². The highest BCUT2D eigenvalue weighted by Crippen LogP contribution is 2.34. The molecule has 0 fully saturated rings. The van der Waals surface area contributed by atoms with Crippen LogP contribution in [0.25, 0.3) is 0 Å². The number of hydrogen-bond acceptors (Lipinski definition) is 5. The van der Waals surface area contributed by atoms with Crippen LogP contribution in [0.5, 0.6) is 0 Å². The number of halogens is 3. The van der Waals surface area contributed by atoms with E-state index in [-0.39, 0.29) is 39.6 Å². The molecule has 174 valence electrons. The number of anilines is 1. The Morgan fingerprint density at radius 3 is 2.30 bits per heavy atom. The average molecular weight is 527 g/mol. The minimum atomic E-state index is -0.356. The van der Waals surface area contributed by atoms with E-state index in [0.29, 0.717) is 27.3 Å².